The predicted octanol–water partition coefficient (Wildman–Crippen LogP) is 3.57. The Morgan fingerprint density at radius 3 is 2.30 bits per heavy atom. The Labute approximate surface area is 159 Å². The first-order chi connectivity index (χ1) is 12.5. The molecular formula is C19H28N2O6. The van der Waals surface area contributed by atoms with Crippen LogP contribution in [-0.2, 0) is 9.53 Å². The second-order valence-electron chi connectivity index (χ2n) is 6.75. The summed E-state index contributed by atoms with van der Waals surface area (Å²) in [7, 11) is 0. The van der Waals surface area contributed by atoms with Gasteiger partial charge in [0.25, 0.3) is 5.69 Å². The van der Waals surface area contributed by atoms with E-state index in [0.29, 0.717) is 0 Å². The summed E-state index contributed by atoms with van der Waals surface area (Å²) in [5.74, 6) is -1.29. The Morgan fingerprint density at radius 2 is 1.89 bits per heavy atom. The van der Waals surface area contributed by atoms with Gasteiger partial charge >= 0.3 is 11.9 Å². The summed E-state index contributed by atoms with van der Waals surface area (Å²) in [6.45, 7) is 11.9. The predicted molar refractivity (Wildman–Crippen MR) is 103 cm³/mol. The first-order valence-electron chi connectivity index (χ1n) is 8.52. The molecule has 0 bridgehead atoms. The first-order valence-corrected chi connectivity index (χ1v) is 8.52. The monoisotopic (exact) mass is 380 g/mol. The minimum absolute atomic E-state index is 0.0422. The molecule has 0 spiro atoms. The molecule has 2 N–H and O–H groups in total. The van der Waals surface area contributed by atoms with Crippen molar-refractivity contribution in [3.05, 3.63) is 52.6 Å². The number of nitrogens with zero attached hydrogens (tertiary/aromatic N) is 1. The highest BCUT2D eigenvalue weighted by Gasteiger charge is 2.20. The van der Waals surface area contributed by atoms with Crippen LogP contribution in [0, 0.1) is 10.1 Å². The van der Waals surface area contributed by atoms with Gasteiger partial charge in [0.1, 0.15) is 11.6 Å². The third kappa shape index (κ3) is 11.5. The van der Waals surface area contributed by atoms with Crippen LogP contribution in [0.3, 0.4) is 0 Å². The molecule has 0 saturated carbocycles. The van der Waals surface area contributed by atoms with E-state index in [4.69, 9.17) is 9.84 Å². The molecule has 0 fully saturated rings. The van der Waals surface area contributed by atoms with Crippen LogP contribution in [0.2, 0.25) is 0 Å². The summed E-state index contributed by atoms with van der Waals surface area (Å²) in [6, 6.07) is 4.46. The number of aromatic carboxylic acids is 1. The zero-order chi connectivity index (χ0) is 21.0. The highest BCUT2D eigenvalue weighted by molar-refractivity contribution is 5.87. The van der Waals surface area contributed by atoms with Crippen LogP contribution in [0.25, 0.3) is 0 Å². The molecule has 1 atom stereocenters. The van der Waals surface area contributed by atoms with Crippen molar-refractivity contribution in [1.29, 1.82) is 0 Å². The molecule has 150 valence electrons. The van der Waals surface area contributed by atoms with E-state index in [1.165, 1.54) is 12.1 Å². The van der Waals surface area contributed by atoms with Crippen LogP contribution in [-0.4, -0.2) is 40.2 Å². The van der Waals surface area contributed by atoms with E-state index >= 15 is 0 Å². The van der Waals surface area contributed by atoms with Gasteiger partial charge < -0.3 is 15.2 Å². The minimum atomic E-state index is -1.09. The summed E-state index contributed by atoms with van der Waals surface area (Å²) in [5.41, 5.74) is -0.477. The zero-order valence-corrected chi connectivity index (χ0v) is 16.2. The maximum absolute atomic E-state index is 11.5. The van der Waals surface area contributed by atoms with Crippen molar-refractivity contribution in [3.8, 4) is 0 Å². The molecular weight excluding hydrogens is 352 g/mol. The molecule has 0 saturated heterocycles. The lowest BCUT2D eigenvalue weighted by atomic mass is 10.2. The number of carbonyl (C=O) groups is 2. The smallest absolute Gasteiger partial charge is 0.335 e. The van der Waals surface area contributed by atoms with Crippen molar-refractivity contribution in [2.45, 2.75) is 52.2 Å². The van der Waals surface area contributed by atoms with Crippen molar-refractivity contribution in [1.82, 2.24) is 5.32 Å². The number of nitro benzene ring substituents is 1. The van der Waals surface area contributed by atoms with E-state index in [1.54, 1.807) is 0 Å². The average Bonchev–Trinajstić information content (AvgIpc) is 2.57. The number of ether oxygens (including phenoxy) is 1. The molecule has 0 amide bonds. The van der Waals surface area contributed by atoms with Crippen LogP contribution in [0.4, 0.5) is 5.69 Å². The number of carboxylic acid groups (broad SMARTS) is 1. The number of benzene rings is 1. The quantitative estimate of drug-likeness (QED) is 0.233. The normalized spacial score (nSPS) is 11.6. The lowest BCUT2D eigenvalue weighted by Crippen LogP contribution is -2.39. The van der Waals surface area contributed by atoms with Gasteiger partial charge in [-0.25, -0.2) is 4.79 Å². The van der Waals surface area contributed by atoms with E-state index in [9.17, 15) is 19.7 Å². The summed E-state index contributed by atoms with van der Waals surface area (Å²) >= 11 is 0. The molecule has 27 heavy (non-hydrogen) atoms. The number of hydrogen-bond acceptors (Lipinski definition) is 6. The molecule has 8 nitrogen and oxygen atoms in total. The minimum Gasteiger partial charge on any atom is -0.478 e. The van der Waals surface area contributed by atoms with E-state index in [-0.39, 0.29) is 23.3 Å². The Kier molecular flexibility index (Phi) is 10.6. The molecule has 0 aliphatic rings. The summed E-state index contributed by atoms with van der Waals surface area (Å²) in [4.78, 5) is 31.4. The lowest BCUT2D eigenvalue weighted by Gasteiger charge is -2.22. The van der Waals surface area contributed by atoms with Gasteiger partial charge in [-0.3, -0.25) is 14.9 Å². The molecule has 1 rings (SSSR count). The molecule has 8 heteroatoms. The fourth-order valence-electron chi connectivity index (χ4n) is 1.76. The van der Waals surface area contributed by atoms with Crippen molar-refractivity contribution >= 4 is 17.6 Å². The topological polar surface area (TPSA) is 119 Å². The van der Waals surface area contributed by atoms with Crippen LogP contribution in [0.1, 0.15) is 50.9 Å². The van der Waals surface area contributed by atoms with E-state index in [1.807, 2.05) is 33.8 Å². The molecule has 0 aliphatic carbocycles. The first kappa shape index (κ1) is 24.3. The Balaban J connectivity index is 0.000000511. The van der Waals surface area contributed by atoms with Gasteiger partial charge in [-0.1, -0.05) is 6.08 Å². The van der Waals surface area contributed by atoms with Gasteiger partial charge in [-0.2, -0.15) is 0 Å². The van der Waals surface area contributed by atoms with Crippen LogP contribution in [0.5, 0.6) is 0 Å². The highest BCUT2D eigenvalue weighted by atomic mass is 16.6. The molecule has 0 unspecified atom stereocenters. The number of allylic oxidation sites excluding steroid dienone is 1. The number of unbranched alkanes of at least 4 members (excludes halogenated alkanes) is 1. The van der Waals surface area contributed by atoms with Gasteiger partial charge in [0.2, 0.25) is 0 Å². The van der Waals surface area contributed by atoms with Crippen molar-refractivity contribution < 1.29 is 24.4 Å². The van der Waals surface area contributed by atoms with Gasteiger partial charge in [-0.15, -0.1) is 6.58 Å². The summed E-state index contributed by atoms with van der Waals surface area (Å²) in [6.07, 6.45) is 3.84. The standard InChI is InChI=1S/C12H23NO2.C7H5NO4/c1-6-7-8-9-13-10(2)11(14)15-12(3,4)5;9-7(10)5-1-3-6(4-2-5)8(11)12/h6,10,13H,1,7-9H2,2-5H3;1-4H,(H,9,10)/t10-;/m0./s1. The number of non-ortho nitro benzene ring substituents is 1. The summed E-state index contributed by atoms with van der Waals surface area (Å²) in [5, 5.41) is 21.7. The van der Waals surface area contributed by atoms with Gasteiger partial charge in [-0.05, 0) is 59.2 Å². The maximum atomic E-state index is 11.5. The fraction of sp³-hybridized carbons (Fsp3) is 0.474. The Morgan fingerprint density at radius 1 is 1.33 bits per heavy atom. The number of nitro groups is 1. The van der Waals surface area contributed by atoms with E-state index in [2.05, 4.69) is 11.9 Å². The van der Waals surface area contributed by atoms with Gasteiger partial charge in [0.05, 0.1) is 10.5 Å². The highest BCUT2D eigenvalue weighted by Crippen LogP contribution is 2.11. The molecule has 0 aromatic heterocycles. The van der Waals surface area contributed by atoms with Crippen LogP contribution in [0.15, 0.2) is 36.9 Å². The number of carbonyl (C=O) groups excluding carboxylic acids is 1. The Hall–Kier alpha value is -2.74. The van der Waals surface area contributed by atoms with E-state index < -0.39 is 16.5 Å². The molecule has 1 aromatic carbocycles. The molecule has 0 heterocycles. The van der Waals surface area contributed by atoms with Gasteiger partial charge in [0, 0.05) is 12.1 Å². The largest absolute Gasteiger partial charge is 0.478 e. The zero-order valence-electron chi connectivity index (χ0n) is 16.2. The number of hydrogen-bond donors (Lipinski definition) is 2. The maximum Gasteiger partial charge on any atom is 0.335 e. The second kappa shape index (κ2) is 11.8. The Bertz CT molecular complexity index is 602. The summed E-state index contributed by atoms with van der Waals surface area (Å²) < 4.78 is 5.23. The number of esters is 1. The van der Waals surface area contributed by atoms with Crippen molar-refractivity contribution in [2.75, 3.05) is 6.54 Å². The number of carboxylic acids is 1. The van der Waals surface area contributed by atoms with Gasteiger partial charge in [0.15, 0.2) is 0 Å². The van der Waals surface area contributed by atoms with Crippen molar-refractivity contribution in [2.24, 2.45) is 0 Å². The number of nitrogens with one attached hydrogen (secondary N) is 1. The SMILES string of the molecule is C=CCCCN[C@@H](C)C(=O)OC(C)(C)C.O=C(O)c1ccc([N+](=O)[O-])cc1. The second-order valence-corrected chi connectivity index (χ2v) is 6.75. The molecule has 0 radical (unpaired) electrons. The fourth-order valence-corrected chi connectivity index (χ4v) is 1.76. The third-order valence-corrected chi connectivity index (χ3v) is 3.12. The number of rotatable bonds is 8. The van der Waals surface area contributed by atoms with Crippen LogP contribution >= 0.6 is 0 Å². The molecule has 0 aliphatic heterocycles. The van der Waals surface area contributed by atoms with Crippen molar-refractivity contribution in [3.63, 3.8) is 0 Å². The third-order valence-electron chi connectivity index (χ3n) is 3.12. The van der Waals surface area contributed by atoms with E-state index in [0.717, 1.165) is 31.5 Å². The molecule has 1 aromatic rings. The average molecular weight is 380 g/mol. The van der Waals surface area contributed by atoms with Crippen LogP contribution < -0.4 is 5.32 Å². The lowest BCUT2D eigenvalue weighted by molar-refractivity contribution is -0.384.